The summed E-state index contributed by atoms with van der Waals surface area (Å²) in [7, 11) is 0. The van der Waals surface area contributed by atoms with Crippen LogP contribution in [0.1, 0.15) is 53.3 Å². The van der Waals surface area contributed by atoms with Crippen molar-refractivity contribution in [3.8, 4) is 5.75 Å². The number of carbonyl (C=O) groups is 2. The van der Waals surface area contributed by atoms with Gasteiger partial charge in [-0.2, -0.15) is 13.2 Å². The molecular formula is C30H27F4NO5. The van der Waals surface area contributed by atoms with E-state index in [2.05, 4.69) is 0 Å². The first-order chi connectivity index (χ1) is 18.9. The highest BCUT2D eigenvalue weighted by Crippen LogP contribution is 2.60. The normalized spacial score (nSPS) is 22.8. The lowest BCUT2D eigenvalue weighted by Gasteiger charge is -2.44. The van der Waals surface area contributed by atoms with E-state index in [1.807, 2.05) is 6.07 Å². The maximum atomic E-state index is 14.8. The van der Waals surface area contributed by atoms with Gasteiger partial charge < -0.3 is 19.8 Å². The van der Waals surface area contributed by atoms with Gasteiger partial charge in [0.15, 0.2) is 6.17 Å². The second kappa shape index (κ2) is 10.2. The molecule has 6 nitrogen and oxygen atoms in total. The van der Waals surface area contributed by atoms with Gasteiger partial charge in [0.2, 0.25) is 11.5 Å². The molecule has 0 saturated carbocycles. The van der Waals surface area contributed by atoms with Crippen LogP contribution in [0.4, 0.5) is 23.2 Å². The fraction of sp³-hybridized carbons (Fsp3) is 0.333. The lowest BCUT2D eigenvalue weighted by atomic mass is 9.70. The van der Waals surface area contributed by atoms with Crippen LogP contribution >= 0.6 is 0 Å². The summed E-state index contributed by atoms with van der Waals surface area (Å²) in [6.07, 6.45) is -8.04. The number of benzene rings is 3. The van der Waals surface area contributed by atoms with Crippen LogP contribution in [0, 0.1) is 0 Å². The fourth-order valence-electron chi connectivity index (χ4n) is 5.41. The molecule has 5 rings (SSSR count). The second-order valence-corrected chi connectivity index (χ2v) is 10.3. The standard InChI is InChI=1S/C30H27F4NO5/c1-17(19-5-3-2-4-6-19)28(38)35-16-22(40-21-10-7-18(8-11-21)13-26(36)37)12-9-20-14-24-23(15-25(20)35)27(31)29(24,39)30(32,33)34/h2-8,10-11,14-15,17,22,27,39H,9,12-13,16H2,1H3,(H,36,37)/t17-,22-,27?,29?/m0/s1. The number of carboxylic acids is 1. The van der Waals surface area contributed by atoms with Crippen molar-refractivity contribution in [3.63, 3.8) is 0 Å². The molecule has 1 aliphatic heterocycles. The molecule has 3 aromatic rings. The summed E-state index contributed by atoms with van der Waals surface area (Å²) in [6, 6.07) is 17.9. The number of carbonyl (C=O) groups excluding carboxylic acids is 1. The number of ether oxygens (including phenoxy) is 1. The van der Waals surface area contributed by atoms with E-state index < -0.39 is 41.5 Å². The first-order valence-corrected chi connectivity index (χ1v) is 12.8. The Morgan fingerprint density at radius 1 is 1.10 bits per heavy atom. The van der Waals surface area contributed by atoms with E-state index in [9.17, 15) is 32.3 Å². The van der Waals surface area contributed by atoms with E-state index in [1.54, 1.807) is 55.5 Å². The number of carboxylic acid groups (broad SMARTS) is 1. The van der Waals surface area contributed by atoms with Crippen LogP contribution in [-0.4, -0.2) is 40.9 Å². The molecule has 10 heteroatoms. The fourth-order valence-corrected chi connectivity index (χ4v) is 5.41. The Morgan fingerprint density at radius 3 is 2.40 bits per heavy atom. The van der Waals surface area contributed by atoms with Gasteiger partial charge in [0.1, 0.15) is 11.9 Å². The van der Waals surface area contributed by atoms with Gasteiger partial charge in [-0.15, -0.1) is 0 Å². The van der Waals surface area contributed by atoms with Crippen molar-refractivity contribution in [2.45, 2.75) is 56.2 Å². The van der Waals surface area contributed by atoms with Crippen molar-refractivity contribution >= 4 is 17.6 Å². The zero-order valence-electron chi connectivity index (χ0n) is 21.5. The number of anilines is 1. The number of hydrogen-bond donors (Lipinski definition) is 2. The van der Waals surface area contributed by atoms with Gasteiger partial charge in [-0.3, -0.25) is 9.59 Å². The third-order valence-electron chi connectivity index (χ3n) is 7.66. The molecule has 0 aromatic heterocycles. The van der Waals surface area contributed by atoms with Gasteiger partial charge in [-0.25, -0.2) is 4.39 Å². The lowest BCUT2D eigenvalue weighted by molar-refractivity contribution is -0.302. The number of amides is 1. The zero-order chi connectivity index (χ0) is 28.8. The van der Waals surface area contributed by atoms with Crippen LogP contribution in [0.25, 0.3) is 0 Å². The Balaban J connectivity index is 1.49. The molecule has 0 fully saturated rings. The van der Waals surface area contributed by atoms with Crippen molar-refractivity contribution in [2.24, 2.45) is 0 Å². The van der Waals surface area contributed by atoms with E-state index in [0.29, 0.717) is 29.0 Å². The van der Waals surface area contributed by atoms with Crippen molar-refractivity contribution in [1.82, 2.24) is 0 Å². The summed E-state index contributed by atoms with van der Waals surface area (Å²) in [5.74, 6) is -1.47. The molecule has 2 N–H and O–H groups in total. The van der Waals surface area contributed by atoms with Crippen molar-refractivity contribution in [3.05, 3.63) is 94.5 Å². The molecular weight excluding hydrogens is 530 g/mol. The van der Waals surface area contributed by atoms with Crippen LogP contribution in [0.5, 0.6) is 5.75 Å². The first-order valence-electron chi connectivity index (χ1n) is 12.8. The molecule has 3 aromatic carbocycles. The quantitative estimate of drug-likeness (QED) is 0.385. The monoisotopic (exact) mass is 557 g/mol. The topological polar surface area (TPSA) is 87.1 Å². The Hall–Kier alpha value is -3.92. The minimum Gasteiger partial charge on any atom is -0.489 e. The highest BCUT2D eigenvalue weighted by molar-refractivity contribution is 5.99. The average Bonchev–Trinajstić information content (AvgIpc) is 3.10. The first kappa shape index (κ1) is 27.6. The van der Waals surface area contributed by atoms with Gasteiger partial charge in [0.25, 0.3) is 0 Å². The van der Waals surface area contributed by atoms with Crippen molar-refractivity contribution < 1.29 is 42.1 Å². The Kier molecular flexibility index (Phi) is 7.08. The number of fused-ring (bicyclic) bond motifs is 2. The van der Waals surface area contributed by atoms with E-state index in [-0.39, 0.29) is 30.9 Å². The highest BCUT2D eigenvalue weighted by atomic mass is 19.4. The molecule has 210 valence electrons. The van der Waals surface area contributed by atoms with E-state index in [4.69, 9.17) is 9.84 Å². The summed E-state index contributed by atoms with van der Waals surface area (Å²) < 4.78 is 61.8. The van der Waals surface area contributed by atoms with Gasteiger partial charge >= 0.3 is 12.1 Å². The predicted molar refractivity (Wildman–Crippen MR) is 138 cm³/mol. The SMILES string of the molecule is C[C@H](C(=O)N1C[C@@H](Oc2ccc(CC(=O)O)cc2)CCc2cc3c(cc21)C(F)C3(O)C(F)(F)F)c1ccccc1. The molecule has 1 aliphatic carbocycles. The third-order valence-corrected chi connectivity index (χ3v) is 7.66. The average molecular weight is 558 g/mol. The number of alkyl halides is 4. The number of hydrogen-bond acceptors (Lipinski definition) is 4. The van der Waals surface area contributed by atoms with Crippen LogP contribution in [0.2, 0.25) is 0 Å². The van der Waals surface area contributed by atoms with Crippen molar-refractivity contribution in [1.29, 1.82) is 0 Å². The summed E-state index contributed by atoms with van der Waals surface area (Å²) in [5.41, 5.74) is -2.43. The zero-order valence-corrected chi connectivity index (χ0v) is 21.5. The number of rotatable bonds is 6. The van der Waals surface area contributed by atoms with E-state index in [1.165, 1.54) is 11.0 Å². The molecule has 2 aliphatic rings. The van der Waals surface area contributed by atoms with Gasteiger partial charge in [0, 0.05) is 11.3 Å². The third kappa shape index (κ3) is 4.81. The van der Waals surface area contributed by atoms with E-state index >= 15 is 0 Å². The molecule has 1 amide bonds. The molecule has 0 radical (unpaired) electrons. The molecule has 4 atom stereocenters. The summed E-state index contributed by atoms with van der Waals surface area (Å²) in [5, 5.41) is 19.2. The maximum Gasteiger partial charge on any atom is 0.424 e. The smallest absolute Gasteiger partial charge is 0.424 e. The van der Waals surface area contributed by atoms with Crippen LogP contribution in [-0.2, 0) is 28.0 Å². The highest BCUT2D eigenvalue weighted by Gasteiger charge is 2.68. The molecule has 1 heterocycles. The molecule has 40 heavy (non-hydrogen) atoms. The Labute approximate surface area is 227 Å². The van der Waals surface area contributed by atoms with Crippen molar-refractivity contribution in [2.75, 3.05) is 11.4 Å². The lowest BCUT2D eigenvalue weighted by Crippen LogP contribution is -2.53. The Bertz CT molecular complexity index is 1430. The van der Waals surface area contributed by atoms with Gasteiger partial charge in [-0.1, -0.05) is 42.5 Å². The minimum atomic E-state index is -5.20. The summed E-state index contributed by atoms with van der Waals surface area (Å²) >= 11 is 0. The van der Waals surface area contributed by atoms with Gasteiger partial charge in [0.05, 0.1) is 18.9 Å². The molecule has 0 bridgehead atoms. The second-order valence-electron chi connectivity index (χ2n) is 10.3. The predicted octanol–water partition coefficient (Wildman–Crippen LogP) is 5.62. The summed E-state index contributed by atoms with van der Waals surface area (Å²) in [6.45, 7) is 1.78. The van der Waals surface area contributed by atoms with Crippen LogP contribution in [0.3, 0.4) is 0 Å². The van der Waals surface area contributed by atoms with Gasteiger partial charge in [-0.05, 0) is 66.3 Å². The number of aliphatic hydroxyl groups is 1. The largest absolute Gasteiger partial charge is 0.489 e. The minimum absolute atomic E-state index is 0.0547. The van der Waals surface area contributed by atoms with Crippen LogP contribution < -0.4 is 9.64 Å². The maximum absolute atomic E-state index is 14.8. The number of aryl methyl sites for hydroxylation is 1. The molecule has 0 saturated heterocycles. The van der Waals surface area contributed by atoms with Crippen LogP contribution in [0.15, 0.2) is 66.7 Å². The number of nitrogens with zero attached hydrogens (tertiary/aromatic N) is 1. The number of aliphatic carboxylic acids is 1. The Morgan fingerprint density at radius 2 is 1.77 bits per heavy atom. The van der Waals surface area contributed by atoms with E-state index in [0.717, 1.165) is 11.6 Å². The number of halogens is 4. The summed E-state index contributed by atoms with van der Waals surface area (Å²) in [4.78, 5) is 26.2. The molecule has 0 spiro atoms. The molecule has 2 unspecified atom stereocenters.